The molecule has 192 valence electrons. The van der Waals surface area contributed by atoms with Crippen LogP contribution in [0.1, 0.15) is 33.3 Å². The van der Waals surface area contributed by atoms with Crippen molar-refractivity contribution in [2.75, 3.05) is 26.7 Å². The molecule has 0 bridgehead atoms. The first-order valence-electron chi connectivity index (χ1n) is 12.0. The molecule has 3 rings (SSSR count). The Hall–Kier alpha value is -2.62. The quantitative estimate of drug-likeness (QED) is 0.629. The number of ether oxygens (including phenoxy) is 1. The molecule has 2 amide bonds. The van der Waals surface area contributed by atoms with Gasteiger partial charge in [-0.3, -0.25) is 0 Å². The molecular formula is C26H37N3O5S. The molecule has 3 atom stereocenters. The molecule has 0 saturated heterocycles. The van der Waals surface area contributed by atoms with Crippen LogP contribution in [0.4, 0.5) is 4.79 Å². The predicted molar refractivity (Wildman–Crippen MR) is 137 cm³/mol. The third kappa shape index (κ3) is 6.15. The SMILES string of the molecule is Cc1ccc(-c2ccc3c(c2)O[C@@H](CN(C)C(=O)NC(C)C)[C@H](C)CN([C@@H](C)CO)S3(=O)=O)cc1. The summed E-state index contributed by atoms with van der Waals surface area (Å²) in [5, 5.41) is 12.7. The number of nitrogens with zero attached hydrogens (tertiary/aromatic N) is 2. The van der Waals surface area contributed by atoms with Crippen molar-refractivity contribution in [1.82, 2.24) is 14.5 Å². The van der Waals surface area contributed by atoms with Gasteiger partial charge in [-0.1, -0.05) is 42.8 Å². The highest BCUT2D eigenvalue weighted by atomic mass is 32.2. The zero-order valence-electron chi connectivity index (χ0n) is 21.4. The van der Waals surface area contributed by atoms with Crippen LogP contribution in [-0.4, -0.2) is 73.7 Å². The molecule has 9 heteroatoms. The normalized spacial score (nSPS) is 20.8. The molecule has 0 radical (unpaired) electrons. The van der Waals surface area contributed by atoms with Crippen molar-refractivity contribution in [2.24, 2.45) is 5.92 Å². The van der Waals surface area contributed by atoms with E-state index in [-0.39, 0.29) is 48.3 Å². The van der Waals surface area contributed by atoms with Crippen LogP contribution in [0.25, 0.3) is 11.1 Å². The minimum absolute atomic E-state index is 0.00976. The standard InChI is InChI=1S/C26H37N3O5S/c1-17(2)27-26(31)28(6)15-24-19(4)14-29(20(5)16-30)35(32,33)25-12-11-22(13-23(25)34-24)21-9-7-18(3)8-10-21/h7-13,17,19-20,24,30H,14-16H2,1-6H3,(H,27,31)/t19-,20+,24+/m1/s1. The van der Waals surface area contributed by atoms with Crippen LogP contribution in [-0.2, 0) is 10.0 Å². The first-order valence-corrected chi connectivity index (χ1v) is 13.4. The number of sulfonamides is 1. The second kappa shape index (κ2) is 11.0. The third-order valence-corrected chi connectivity index (χ3v) is 8.28. The van der Waals surface area contributed by atoms with Gasteiger partial charge in [0.15, 0.2) is 0 Å². The number of carbonyl (C=O) groups is 1. The van der Waals surface area contributed by atoms with Gasteiger partial charge in [-0.05, 0) is 51.0 Å². The van der Waals surface area contributed by atoms with Crippen LogP contribution in [0.3, 0.4) is 0 Å². The number of likely N-dealkylation sites (N-methyl/N-ethyl adjacent to an activating group) is 1. The fourth-order valence-corrected chi connectivity index (χ4v) is 5.90. The summed E-state index contributed by atoms with van der Waals surface area (Å²) in [6, 6.07) is 12.2. The van der Waals surface area contributed by atoms with Crippen molar-refractivity contribution >= 4 is 16.1 Å². The maximum absolute atomic E-state index is 13.6. The summed E-state index contributed by atoms with van der Waals surface area (Å²) < 4.78 is 35.0. The fraction of sp³-hybridized carbons (Fsp3) is 0.500. The van der Waals surface area contributed by atoms with Gasteiger partial charge in [0.2, 0.25) is 10.0 Å². The van der Waals surface area contributed by atoms with Gasteiger partial charge in [-0.15, -0.1) is 0 Å². The molecule has 0 unspecified atom stereocenters. The number of rotatable bonds is 6. The van der Waals surface area contributed by atoms with Crippen LogP contribution in [0.2, 0.25) is 0 Å². The summed E-state index contributed by atoms with van der Waals surface area (Å²) >= 11 is 0. The molecule has 0 aliphatic carbocycles. The molecule has 2 aromatic carbocycles. The van der Waals surface area contributed by atoms with Gasteiger partial charge in [0, 0.05) is 31.6 Å². The van der Waals surface area contributed by atoms with Crippen LogP contribution in [0.15, 0.2) is 47.4 Å². The second-order valence-corrected chi connectivity index (χ2v) is 11.6. The number of hydrogen-bond acceptors (Lipinski definition) is 5. The van der Waals surface area contributed by atoms with Gasteiger partial charge in [-0.25, -0.2) is 13.2 Å². The number of amides is 2. The van der Waals surface area contributed by atoms with Gasteiger partial charge in [-0.2, -0.15) is 4.31 Å². The van der Waals surface area contributed by atoms with E-state index in [1.807, 2.05) is 52.0 Å². The van der Waals surface area contributed by atoms with Crippen molar-refractivity contribution in [3.63, 3.8) is 0 Å². The topological polar surface area (TPSA) is 99.2 Å². The zero-order valence-corrected chi connectivity index (χ0v) is 22.2. The minimum Gasteiger partial charge on any atom is -0.487 e. The van der Waals surface area contributed by atoms with E-state index in [1.54, 1.807) is 37.1 Å². The zero-order chi connectivity index (χ0) is 25.9. The van der Waals surface area contributed by atoms with Crippen LogP contribution in [0.5, 0.6) is 5.75 Å². The number of hydrogen-bond donors (Lipinski definition) is 2. The van der Waals surface area contributed by atoms with Gasteiger partial charge < -0.3 is 20.1 Å². The van der Waals surface area contributed by atoms with Gasteiger partial charge in [0.05, 0.1) is 13.2 Å². The number of nitrogens with one attached hydrogen (secondary N) is 1. The molecule has 0 aromatic heterocycles. The molecule has 2 N–H and O–H groups in total. The average molecular weight is 504 g/mol. The third-order valence-electron chi connectivity index (χ3n) is 6.26. The highest BCUT2D eigenvalue weighted by Crippen LogP contribution is 2.36. The van der Waals surface area contributed by atoms with Crippen LogP contribution in [0, 0.1) is 12.8 Å². The first-order chi connectivity index (χ1) is 16.4. The smallest absolute Gasteiger partial charge is 0.317 e. The molecule has 2 aromatic rings. The molecule has 0 saturated carbocycles. The molecular weight excluding hydrogens is 466 g/mol. The number of aliphatic hydroxyl groups is 1. The molecule has 8 nitrogen and oxygen atoms in total. The number of aryl methyl sites for hydroxylation is 1. The number of aliphatic hydroxyl groups excluding tert-OH is 1. The number of fused-ring (bicyclic) bond motifs is 1. The number of benzene rings is 2. The summed E-state index contributed by atoms with van der Waals surface area (Å²) in [5.74, 6) is -0.00307. The lowest BCUT2D eigenvalue weighted by Crippen LogP contribution is -2.51. The summed E-state index contributed by atoms with van der Waals surface area (Å²) in [4.78, 5) is 14.2. The maximum Gasteiger partial charge on any atom is 0.317 e. The number of carbonyl (C=O) groups excluding carboxylic acids is 1. The van der Waals surface area contributed by atoms with E-state index in [4.69, 9.17) is 4.74 Å². The van der Waals surface area contributed by atoms with Crippen LogP contribution < -0.4 is 10.1 Å². The Bertz CT molecular complexity index is 1130. The van der Waals surface area contributed by atoms with E-state index < -0.39 is 22.2 Å². The van der Waals surface area contributed by atoms with E-state index in [9.17, 15) is 18.3 Å². The Morgan fingerprint density at radius 3 is 2.40 bits per heavy atom. The molecule has 0 fully saturated rings. The summed E-state index contributed by atoms with van der Waals surface area (Å²) in [7, 11) is -2.23. The Morgan fingerprint density at radius 1 is 1.17 bits per heavy atom. The molecule has 1 aliphatic heterocycles. The first kappa shape index (κ1) is 27.0. The second-order valence-electron chi connectivity index (χ2n) is 9.75. The fourth-order valence-electron chi connectivity index (χ4n) is 4.08. The Balaban J connectivity index is 2.06. The predicted octanol–water partition coefficient (Wildman–Crippen LogP) is 3.48. The average Bonchev–Trinajstić information content (AvgIpc) is 2.80. The number of urea groups is 1. The Kier molecular flexibility index (Phi) is 8.46. The lowest BCUT2D eigenvalue weighted by atomic mass is 10.0. The largest absolute Gasteiger partial charge is 0.487 e. The Morgan fingerprint density at radius 2 is 1.80 bits per heavy atom. The van der Waals surface area contributed by atoms with E-state index in [0.29, 0.717) is 0 Å². The monoisotopic (exact) mass is 503 g/mol. The van der Waals surface area contributed by atoms with Crippen molar-refractivity contribution in [3.8, 4) is 16.9 Å². The van der Waals surface area contributed by atoms with Crippen molar-refractivity contribution in [2.45, 2.75) is 57.7 Å². The summed E-state index contributed by atoms with van der Waals surface area (Å²) in [6.07, 6.45) is -0.464. The van der Waals surface area contributed by atoms with E-state index >= 15 is 0 Å². The molecule has 0 spiro atoms. The summed E-state index contributed by atoms with van der Waals surface area (Å²) in [5.41, 5.74) is 2.91. The molecule has 35 heavy (non-hydrogen) atoms. The molecule has 1 heterocycles. The molecule has 1 aliphatic rings. The van der Waals surface area contributed by atoms with Crippen molar-refractivity contribution in [3.05, 3.63) is 48.0 Å². The van der Waals surface area contributed by atoms with Crippen molar-refractivity contribution < 1.29 is 23.1 Å². The van der Waals surface area contributed by atoms with Gasteiger partial charge in [0.1, 0.15) is 16.7 Å². The van der Waals surface area contributed by atoms with E-state index in [1.165, 1.54) is 4.31 Å². The Labute approximate surface area is 208 Å². The highest BCUT2D eigenvalue weighted by molar-refractivity contribution is 7.89. The lowest BCUT2D eigenvalue weighted by Gasteiger charge is -2.37. The van der Waals surface area contributed by atoms with E-state index in [0.717, 1.165) is 16.7 Å². The minimum atomic E-state index is -3.92. The lowest BCUT2D eigenvalue weighted by molar-refractivity contribution is 0.0810. The van der Waals surface area contributed by atoms with Crippen molar-refractivity contribution in [1.29, 1.82) is 0 Å². The van der Waals surface area contributed by atoms with Gasteiger partial charge >= 0.3 is 6.03 Å². The highest BCUT2D eigenvalue weighted by Gasteiger charge is 2.38. The van der Waals surface area contributed by atoms with Crippen LogP contribution >= 0.6 is 0 Å². The van der Waals surface area contributed by atoms with Gasteiger partial charge in [0.25, 0.3) is 0 Å². The van der Waals surface area contributed by atoms with E-state index in [2.05, 4.69) is 5.32 Å². The summed E-state index contributed by atoms with van der Waals surface area (Å²) in [6.45, 7) is 9.51. The maximum atomic E-state index is 13.6.